The summed E-state index contributed by atoms with van der Waals surface area (Å²) in [5.74, 6) is 0.202. The van der Waals surface area contributed by atoms with Crippen molar-refractivity contribution in [3.63, 3.8) is 0 Å². The lowest BCUT2D eigenvalue weighted by molar-refractivity contribution is 0.0916. The Labute approximate surface area is 135 Å². The monoisotopic (exact) mass is 369 g/mol. The number of aromatic nitrogens is 1. The van der Waals surface area contributed by atoms with Crippen molar-refractivity contribution in [3.8, 4) is 10.6 Å². The van der Waals surface area contributed by atoms with E-state index in [0.717, 1.165) is 32.0 Å². The second-order valence-electron chi connectivity index (χ2n) is 5.86. The minimum atomic E-state index is -0.00105. The van der Waals surface area contributed by atoms with E-state index in [1.165, 1.54) is 11.3 Å². The molecule has 104 valence electrons. The number of rotatable bonds is 1. The van der Waals surface area contributed by atoms with Crippen molar-refractivity contribution in [1.29, 1.82) is 0 Å². The summed E-state index contributed by atoms with van der Waals surface area (Å²) in [5, 5.41) is 1.48. The van der Waals surface area contributed by atoms with Gasteiger partial charge in [0.15, 0.2) is 5.78 Å². The van der Waals surface area contributed by atoms with Gasteiger partial charge in [-0.15, -0.1) is 11.3 Å². The van der Waals surface area contributed by atoms with Gasteiger partial charge in [0.1, 0.15) is 5.01 Å². The van der Waals surface area contributed by atoms with Crippen LogP contribution in [0.1, 0.15) is 35.6 Å². The minimum Gasteiger partial charge on any atom is -0.293 e. The third-order valence-electron chi connectivity index (χ3n) is 3.40. The van der Waals surface area contributed by atoms with E-state index in [1.807, 2.05) is 18.2 Å². The van der Waals surface area contributed by atoms with E-state index in [0.29, 0.717) is 11.4 Å². The fraction of sp³-hybridized carbons (Fsp3) is 0.333. The Morgan fingerprint density at radius 2 is 2.10 bits per heavy atom. The zero-order valence-electron chi connectivity index (χ0n) is 11.2. The maximum Gasteiger partial charge on any atom is 0.175 e. The maximum absolute atomic E-state index is 12.2. The van der Waals surface area contributed by atoms with Crippen LogP contribution in [-0.2, 0) is 6.42 Å². The van der Waals surface area contributed by atoms with Crippen molar-refractivity contribution < 1.29 is 4.79 Å². The summed E-state index contributed by atoms with van der Waals surface area (Å²) in [6, 6.07) is 5.72. The van der Waals surface area contributed by atoms with E-state index < -0.39 is 0 Å². The van der Waals surface area contributed by atoms with E-state index in [1.54, 1.807) is 0 Å². The molecule has 0 aliphatic heterocycles. The Balaban J connectivity index is 2.08. The number of hydrogen-bond donors (Lipinski definition) is 0. The molecule has 1 aromatic heterocycles. The van der Waals surface area contributed by atoms with E-state index in [2.05, 4.69) is 34.8 Å². The van der Waals surface area contributed by atoms with Gasteiger partial charge in [0.25, 0.3) is 0 Å². The number of nitrogens with zero attached hydrogens (tertiary/aromatic N) is 1. The number of carbonyl (C=O) groups is 1. The van der Waals surface area contributed by atoms with Gasteiger partial charge >= 0.3 is 0 Å². The van der Waals surface area contributed by atoms with Gasteiger partial charge in [-0.2, -0.15) is 0 Å². The van der Waals surface area contributed by atoms with Crippen LogP contribution < -0.4 is 0 Å². The maximum atomic E-state index is 12.2. The summed E-state index contributed by atoms with van der Waals surface area (Å²) in [6.45, 7) is 4.22. The first-order valence-electron chi connectivity index (χ1n) is 6.34. The number of carbonyl (C=O) groups excluding carboxylic acids is 1. The van der Waals surface area contributed by atoms with Crippen LogP contribution in [0.2, 0.25) is 5.02 Å². The molecule has 1 aromatic carbocycles. The topological polar surface area (TPSA) is 30.0 Å². The third kappa shape index (κ3) is 2.57. The number of ketones is 1. The van der Waals surface area contributed by atoms with Crippen molar-refractivity contribution in [2.75, 3.05) is 0 Å². The first kappa shape index (κ1) is 14.2. The Morgan fingerprint density at radius 1 is 1.35 bits per heavy atom. The van der Waals surface area contributed by atoms with Gasteiger partial charge in [-0.3, -0.25) is 4.79 Å². The van der Waals surface area contributed by atoms with Gasteiger partial charge in [-0.25, -0.2) is 4.98 Å². The van der Waals surface area contributed by atoms with Crippen LogP contribution >= 0.6 is 38.9 Å². The smallest absolute Gasteiger partial charge is 0.175 e. The quantitative estimate of drug-likeness (QED) is 0.674. The van der Waals surface area contributed by atoms with Crippen LogP contribution in [0.4, 0.5) is 0 Å². The Hall–Kier alpha value is -0.710. The van der Waals surface area contributed by atoms with Gasteiger partial charge in [-0.1, -0.05) is 41.4 Å². The third-order valence-corrected chi connectivity index (χ3v) is 5.38. The molecule has 0 saturated carbocycles. The molecule has 0 saturated heterocycles. The van der Waals surface area contributed by atoms with Crippen molar-refractivity contribution in [3.05, 3.63) is 38.3 Å². The zero-order valence-corrected chi connectivity index (χ0v) is 14.3. The summed E-state index contributed by atoms with van der Waals surface area (Å²) >= 11 is 11.1. The number of benzene rings is 1. The van der Waals surface area contributed by atoms with Gasteiger partial charge in [0.2, 0.25) is 0 Å². The van der Waals surface area contributed by atoms with Crippen molar-refractivity contribution in [1.82, 2.24) is 4.98 Å². The summed E-state index contributed by atoms with van der Waals surface area (Å²) in [5.41, 5.74) is 1.81. The number of thiazole rings is 1. The van der Waals surface area contributed by atoms with Crippen LogP contribution in [0.5, 0.6) is 0 Å². The van der Waals surface area contributed by atoms with Gasteiger partial charge in [0, 0.05) is 16.5 Å². The Bertz CT molecular complexity index is 708. The molecule has 0 radical (unpaired) electrons. The van der Waals surface area contributed by atoms with Crippen LogP contribution in [0.3, 0.4) is 0 Å². The largest absolute Gasteiger partial charge is 0.293 e. The highest BCUT2D eigenvalue weighted by atomic mass is 79.9. The SMILES string of the molecule is CC1(C)CC(=O)c2sc(-c3ccc(Br)cc3Cl)nc2C1. The molecule has 0 atom stereocenters. The molecule has 3 rings (SSSR count). The van der Waals surface area contributed by atoms with E-state index in [4.69, 9.17) is 11.6 Å². The predicted molar refractivity (Wildman–Crippen MR) is 86.7 cm³/mol. The summed E-state index contributed by atoms with van der Waals surface area (Å²) in [6.07, 6.45) is 1.44. The molecule has 1 aliphatic carbocycles. The molecular formula is C15H13BrClNOS. The highest BCUT2D eigenvalue weighted by molar-refractivity contribution is 9.10. The molecule has 0 N–H and O–H groups in total. The standard InChI is InChI=1S/C15H13BrClNOS/c1-15(2)6-11-13(12(19)7-15)20-14(18-11)9-4-3-8(16)5-10(9)17/h3-5H,6-7H2,1-2H3. The molecule has 2 nitrogen and oxygen atoms in total. The predicted octanol–water partition coefficient (Wildman–Crippen LogP) is 5.38. The number of halogens is 2. The van der Waals surface area contributed by atoms with E-state index in [-0.39, 0.29) is 11.2 Å². The molecule has 0 bridgehead atoms. The lowest BCUT2D eigenvalue weighted by Crippen LogP contribution is -2.25. The fourth-order valence-electron chi connectivity index (χ4n) is 2.50. The van der Waals surface area contributed by atoms with Crippen molar-refractivity contribution >= 4 is 44.7 Å². The highest BCUT2D eigenvalue weighted by Crippen LogP contribution is 2.41. The summed E-state index contributed by atoms with van der Waals surface area (Å²) < 4.78 is 0.935. The first-order valence-corrected chi connectivity index (χ1v) is 8.33. The number of hydrogen-bond acceptors (Lipinski definition) is 3. The molecule has 5 heteroatoms. The Kier molecular flexibility index (Phi) is 3.51. The van der Waals surface area contributed by atoms with Crippen LogP contribution in [0.25, 0.3) is 10.6 Å². The molecule has 1 heterocycles. The van der Waals surface area contributed by atoms with Gasteiger partial charge < -0.3 is 0 Å². The molecule has 0 unspecified atom stereocenters. The van der Waals surface area contributed by atoms with Crippen LogP contribution in [0.15, 0.2) is 22.7 Å². The highest BCUT2D eigenvalue weighted by Gasteiger charge is 2.34. The Morgan fingerprint density at radius 3 is 2.80 bits per heavy atom. The summed E-state index contributed by atoms with van der Waals surface area (Å²) in [4.78, 5) is 17.7. The molecule has 0 amide bonds. The van der Waals surface area contributed by atoms with Gasteiger partial charge in [0.05, 0.1) is 15.6 Å². The van der Waals surface area contributed by atoms with Crippen molar-refractivity contribution in [2.45, 2.75) is 26.7 Å². The zero-order chi connectivity index (χ0) is 14.5. The molecule has 0 spiro atoms. The van der Waals surface area contributed by atoms with E-state index >= 15 is 0 Å². The summed E-state index contributed by atoms with van der Waals surface area (Å²) in [7, 11) is 0. The minimum absolute atomic E-state index is 0.00105. The first-order chi connectivity index (χ1) is 9.35. The average Bonchev–Trinajstić information content (AvgIpc) is 2.70. The average molecular weight is 371 g/mol. The van der Waals surface area contributed by atoms with Crippen molar-refractivity contribution in [2.24, 2.45) is 5.41 Å². The lowest BCUT2D eigenvalue weighted by Gasteiger charge is -2.26. The molecule has 2 aromatic rings. The van der Waals surface area contributed by atoms with E-state index in [9.17, 15) is 4.79 Å². The number of fused-ring (bicyclic) bond motifs is 1. The fourth-order valence-corrected chi connectivity index (χ4v) is 4.38. The van der Waals surface area contributed by atoms with Gasteiger partial charge in [-0.05, 0) is 30.0 Å². The number of Topliss-reactive ketones (excluding diaryl/α,β-unsaturated/α-hetero) is 1. The molecule has 0 fully saturated rings. The normalized spacial score (nSPS) is 17.1. The molecule has 1 aliphatic rings. The molecular weight excluding hydrogens is 358 g/mol. The van der Waals surface area contributed by atoms with Crippen LogP contribution in [-0.4, -0.2) is 10.8 Å². The molecule has 20 heavy (non-hydrogen) atoms. The lowest BCUT2D eigenvalue weighted by atomic mass is 9.78. The second kappa shape index (κ2) is 4.93. The van der Waals surface area contributed by atoms with Crippen LogP contribution in [0, 0.1) is 5.41 Å². The second-order valence-corrected chi connectivity index (χ2v) is 8.18.